The maximum absolute atomic E-state index is 14.0. The first-order valence-corrected chi connectivity index (χ1v) is 6.87. The molecule has 3 rings (SSSR count). The smallest absolute Gasteiger partial charge is 0.191 e. The maximum Gasteiger partial charge on any atom is 0.191 e. The minimum Gasteiger partial charge on any atom is -0.483 e. The van der Waals surface area contributed by atoms with Gasteiger partial charge in [-0.2, -0.15) is 0 Å². The van der Waals surface area contributed by atoms with Gasteiger partial charge in [-0.25, -0.2) is 8.78 Å². The van der Waals surface area contributed by atoms with Crippen molar-refractivity contribution in [1.82, 2.24) is 0 Å². The Bertz CT molecular complexity index is 605. The Hall–Kier alpha value is -1.94. The minimum atomic E-state index is -0.664. The Kier molecular flexibility index (Phi) is 3.88. The molecule has 0 amide bonds. The molecule has 0 radical (unpaired) electrons. The number of rotatable bonds is 5. The minimum absolute atomic E-state index is 0.0693. The summed E-state index contributed by atoms with van der Waals surface area (Å²) >= 11 is 0. The predicted octanol–water partition coefficient (Wildman–Crippen LogP) is 4.05. The van der Waals surface area contributed by atoms with Crippen molar-refractivity contribution >= 4 is 0 Å². The Morgan fingerprint density at radius 3 is 2.33 bits per heavy atom. The van der Waals surface area contributed by atoms with Crippen LogP contribution in [0.2, 0.25) is 0 Å². The lowest BCUT2D eigenvalue weighted by molar-refractivity contribution is 0.178. The molecular formula is C17H16F2O2. The van der Waals surface area contributed by atoms with E-state index in [0.717, 1.165) is 12.0 Å². The topological polar surface area (TPSA) is 18.5 Å². The van der Waals surface area contributed by atoms with E-state index in [4.69, 9.17) is 9.47 Å². The van der Waals surface area contributed by atoms with Gasteiger partial charge in [-0.1, -0.05) is 30.3 Å². The van der Waals surface area contributed by atoms with Crippen LogP contribution >= 0.6 is 0 Å². The summed E-state index contributed by atoms with van der Waals surface area (Å²) in [6.45, 7) is 0.137. The zero-order valence-corrected chi connectivity index (χ0v) is 11.7. The summed E-state index contributed by atoms with van der Waals surface area (Å²) in [5.74, 6) is -1.57. The fourth-order valence-corrected chi connectivity index (χ4v) is 2.44. The first-order chi connectivity index (χ1) is 10.2. The molecule has 2 atom stereocenters. The van der Waals surface area contributed by atoms with E-state index in [-0.39, 0.29) is 24.4 Å². The Morgan fingerprint density at radius 2 is 1.76 bits per heavy atom. The SMILES string of the molecule is COC1CC1c1cc(F)c(OCc2ccccc2)c(F)c1. The van der Waals surface area contributed by atoms with Crippen LogP contribution in [-0.2, 0) is 11.3 Å². The third-order valence-corrected chi connectivity index (χ3v) is 3.71. The van der Waals surface area contributed by atoms with Gasteiger partial charge in [0.2, 0.25) is 0 Å². The second kappa shape index (κ2) is 5.82. The number of halogens is 2. The highest BCUT2D eigenvalue weighted by Crippen LogP contribution is 2.44. The molecule has 21 heavy (non-hydrogen) atoms. The van der Waals surface area contributed by atoms with Crippen molar-refractivity contribution in [1.29, 1.82) is 0 Å². The molecule has 1 aliphatic rings. The number of hydrogen-bond acceptors (Lipinski definition) is 2. The molecule has 0 heterocycles. The van der Waals surface area contributed by atoms with E-state index in [1.54, 1.807) is 7.11 Å². The number of methoxy groups -OCH3 is 1. The molecule has 0 saturated heterocycles. The molecule has 1 saturated carbocycles. The van der Waals surface area contributed by atoms with Crippen molar-refractivity contribution < 1.29 is 18.3 Å². The Balaban J connectivity index is 1.74. The van der Waals surface area contributed by atoms with E-state index in [9.17, 15) is 8.78 Å². The van der Waals surface area contributed by atoms with Crippen LogP contribution in [0.3, 0.4) is 0 Å². The number of benzene rings is 2. The molecule has 1 aliphatic carbocycles. The van der Waals surface area contributed by atoms with Crippen molar-refractivity contribution in [2.75, 3.05) is 7.11 Å². The van der Waals surface area contributed by atoms with E-state index < -0.39 is 11.6 Å². The zero-order valence-electron chi connectivity index (χ0n) is 11.7. The van der Waals surface area contributed by atoms with E-state index in [2.05, 4.69) is 0 Å². The summed E-state index contributed by atoms with van der Waals surface area (Å²) < 4.78 is 38.5. The van der Waals surface area contributed by atoms with Crippen LogP contribution in [0.25, 0.3) is 0 Å². The fraction of sp³-hybridized carbons (Fsp3) is 0.294. The third-order valence-electron chi connectivity index (χ3n) is 3.71. The molecule has 2 aromatic rings. The van der Waals surface area contributed by atoms with Crippen LogP contribution in [0.5, 0.6) is 5.75 Å². The maximum atomic E-state index is 14.0. The number of ether oxygens (including phenoxy) is 2. The molecular weight excluding hydrogens is 274 g/mol. The van der Waals surface area contributed by atoms with Gasteiger partial charge in [0.25, 0.3) is 0 Å². The molecule has 1 fully saturated rings. The lowest BCUT2D eigenvalue weighted by Crippen LogP contribution is -2.01. The van der Waals surface area contributed by atoms with Crippen LogP contribution in [0, 0.1) is 11.6 Å². The van der Waals surface area contributed by atoms with E-state index in [1.165, 1.54) is 12.1 Å². The summed E-state index contributed by atoms with van der Waals surface area (Å²) in [4.78, 5) is 0. The van der Waals surface area contributed by atoms with Gasteiger partial charge in [0.05, 0.1) is 6.10 Å². The summed E-state index contributed by atoms with van der Waals surface area (Å²) in [6.07, 6.45) is 0.874. The van der Waals surface area contributed by atoms with Crippen LogP contribution < -0.4 is 4.74 Å². The van der Waals surface area contributed by atoms with Crippen LogP contribution in [0.4, 0.5) is 8.78 Å². The van der Waals surface area contributed by atoms with E-state index >= 15 is 0 Å². The van der Waals surface area contributed by atoms with Crippen molar-refractivity contribution in [2.45, 2.75) is 25.0 Å². The van der Waals surface area contributed by atoms with Gasteiger partial charge in [0.15, 0.2) is 17.4 Å². The quantitative estimate of drug-likeness (QED) is 0.827. The highest BCUT2D eigenvalue weighted by Gasteiger charge is 2.39. The molecule has 0 spiro atoms. The monoisotopic (exact) mass is 290 g/mol. The summed E-state index contributed by atoms with van der Waals surface area (Å²) in [5, 5.41) is 0. The molecule has 0 bridgehead atoms. The average molecular weight is 290 g/mol. The average Bonchev–Trinajstić information content (AvgIpc) is 3.27. The summed E-state index contributed by atoms with van der Waals surface area (Å²) in [5.41, 5.74) is 1.49. The highest BCUT2D eigenvalue weighted by atomic mass is 19.1. The first kappa shape index (κ1) is 14.0. The molecule has 0 aromatic heterocycles. The van der Waals surface area contributed by atoms with Crippen LogP contribution in [0.15, 0.2) is 42.5 Å². The molecule has 4 heteroatoms. The van der Waals surface area contributed by atoms with Crippen molar-refractivity contribution in [3.63, 3.8) is 0 Å². The van der Waals surface area contributed by atoms with Gasteiger partial charge in [-0.15, -0.1) is 0 Å². The van der Waals surface area contributed by atoms with Gasteiger partial charge in [-0.3, -0.25) is 0 Å². The molecule has 0 N–H and O–H groups in total. The highest BCUT2D eigenvalue weighted by molar-refractivity contribution is 5.36. The van der Waals surface area contributed by atoms with Gasteiger partial charge in [-0.05, 0) is 29.7 Å². The molecule has 0 aliphatic heterocycles. The van der Waals surface area contributed by atoms with Gasteiger partial charge in [0.1, 0.15) is 6.61 Å². The zero-order chi connectivity index (χ0) is 14.8. The largest absolute Gasteiger partial charge is 0.483 e. The lowest BCUT2D eigenvalue weighted by Gasteiger charge is -2.10. The first-order valence-electron chi connectivity index (χ1n) is 6.87. The van der Waals surface area contributed by atoms with Crippen molar-refractivity contribution in [3.05, 3.63) is 65.2 Å². The van der Waals surface area contributed by atoms with Crippen molar-refractivity contribution in [2.24, 2.45) is 0 Å². The second-order valence-corrected chi connectivity index (χ2v) is 5.20. The summed E-state index contributed by atoms with van der Waals surface area (Å²) in [6, 6.07) is 12.0. The third kappa shape index (κ3) is 3.05. The fourth-order valence-electron chi connectivity index (χ4n) is 2.44. The van der Waals surface area contributed by atoms with Crippen LogP contribution in [0.1, 0.15) is 23.5 Å². The van der Waals surface area contributed by atoms with Gasteiger partial charge < -0.3 is 9.47 Å². The normalized spacial score (nSPS) is 20.3. The van der Waals surface area contributed by atoms with Crippen LogP contribution in [-0.4, -0.2) is 13.2 Å². The predicted molar refractivity (Wildman–Crippen MR) is 75.3 cm³/mol. The lowest BCUT2D eigenvalue weighted by atomic mass is 10.1. The van der Waals surface area contributed by atoms with Crippen molar-refractivity contribution in [3.8, 4) is 5.75 Å². The van der Waals surface area contributed by atoms with Gasteiger partial charge >= 0.3 is 0 Å². The van der Waals surface area contributed by atoms with Gasteiger partial charge in [0, 0.05) is 13.0 Å². The Labute approximate surface area is 122 Å². The number of hydrogen-bond donors (Lipinski definition) is 0. The Morgan fingerprint density at radius 1 is 1.10 bits per heavy atom. The molecule has 2 unspecified atom stereocenters. The van der Waals surface area contributed by atoms with E-state index in [0.29, 0.717) is 5.56 Å². The molecule has 2 aromatic carbocycles. The second-order valence-electron chi connectivity index (χ2n) is 5.20. The molecule has 110 valence electrons. The van der Waals surface area contributed by atoms with E-state index in [1.807, 2.05) is 30.3 Å². The standard InChI is InChI=1S/C17H16F2O2/c1-20-16-9-13(16)12-7-14(18)17(15(19)8-12)21-10-11-5-3-2-4-6-11/h2-8,13,16H,9-10H2,1H3. The molecule has 2 nitrogen and oxygen atoms in total. The summed E-state index contributed by atoms with van der Waals surface area (Å²) in [7, 11) is 1.61.